The number of anilines is 1. The van der Waals surface area contributed by atoms with E-state index in [2.05, 4.69) is 24.3 Å². The van der Waals surface area contributed by atoms with Gasteiger partial charge in [-0.15, -0.1) is 0 Å². The van der Waals surface area contributed by atoms with Crippen LogP contribution in [0.15, 0.2) is 42.5 Å². The van der Waals surface area contributed by atoms with Crippen molar-refractivity contribution in [2.45, 2.75) is 32.3 Å². The molecular weight excluding hydrogens is 234 g/mol. The molecule has 0 bridgehead atoms. The number of nitrogen functional groups attached to an aromatic ring is 1. The highest BCUT2D eigenvalue weighted by Gasteiger charge is 2.21. The molecule has 19 heavy (non-hydrogen) atoms. The molecule has 0 spiro atoms. The maximum atomic E-state index is 6.17. The molecule has 2 aromatic rings. The monoisotopic (exact) mass is 253 g/mol. The number of nitrogens with two attached hydrogens (primary N) is 1. The Bertz CT molecular complexity index is 592. The Hall–Kier alpha value is -1.96. The lowest BCUT2D eigenvalue weighted by Crippen LogP contribution is -2.15. The van der Waals surface area contributed by atoms with Gasteiger partial charge in [0, 0.05) is 0 Å². The highest BCUT2D eigenvalue weighted by Crippen LogP contribution is 2.36. The number of para-hydroxylation sites is 1. The van der Waals surface area contributed by atoms with E-state index < -0.39 is 0 Å². The molecule has 0 aromatic heterocycles. The molecule has 0 saturated heterocycles. The lowest BCUT2D eigenvalue weighted by atomic mass is 9.89. The van der Waals surface area contributed by atoms with E-state index in [0.29, 0.717) is 0 Å². The third-order valence-corrected chi connectivity index (χ3v) is 3.87. The van der Waals surface area contributed by atoms with Crippen molar-refractivity contribution in [1.29, 1.82) is 0 Å². The Balaban J connectivity index is 1.91. The van der Waals surface area contributed by atoms with Crippen molar-refractivity contribution in [2.24, 2.45) is 0 Å². The molecule has 0 fully saturated rings. The minimum Gasteiger partial charge on any atom is -0.484 e. The lowest BCUT2D eigenvalue weighted by molar-refractivity contribution is 0.184. The average Bonchev–Trinajstić information content (AvgIpc) is 2.44. The maximum Gasteiger partial charge on any atom is 0.143 e. The summed E-state index contributed by atoms with van der Waals surface area (Å²) in [6.45, 7) is 2.01. The van der Waals surface area contributed by atoms with Gasteiger partial charge in [0.2, 0.25) is 0 Å². The smallest absolute Gasteiger partial charge is 0.143 e. The van der Waals surface area contributed by atoms with Crippen LogP contribution in [0.3, 0.4) is 0 Å². The summed E-state index contributed by atoms with van der Waals surface area (Å²) in [5.41, 5.74) is 10.6. The zero-order chi connectivity index (χ0) is 13.2. The SMILES string of the molecule is Cc1cccc(OC2CCCc3ccccc32)c1N. The third-order valence-electron chi connectivity index (χ3n) is 3.87. The predicted molar refractivity (Wildman–Crippen MR) is 78.3 cm³/mol. The van der Waals surface area contributed by atoms with E-state index in [1.165, 1.54) is 17.5 Å². The van der Waals surface area contributed by atoms with Gasteiger partial charge in [0.05, 0.1) is 5.69 Å². The zero-order valence-corrected chi connectivity index (χ0v) is 11.2. The Kier molecular flexibility index (Phi) is 3.16. The third kappa shape index (κ3) is 2.30. The maximum absolute atomic E-state index is 6.17. The highest BCUT2D eigenvalue weighted by molar-refractivity contribution is 5.58. The van der Waals surface area contributed by atoms with Gasteiger partial charge < -0.3 is 10.5 Å². The molecule has 0 aliphatic heterocycles. The van der Waals surface area contributed by atoms with Crippen LogP contribution in [-0.2, 0) is 6.42 Å². The fourth-order valence-electron chi connectivity index (χ4n) is 2.74. The Labute approximate surface area is 114 Å². The van der Waals surface area contributed by atoms with Crippen LogP contribution in [0.25, 0.3) is 0 Å². The van der Waals surface area contributed by atoms with Gasteiger partial charge in [0.15, 0.2) is 0 Å². The second-order valence-corrected chi connectivity index (χ2v) is 5.18. The van der Waals surface area contributed by atoms with Crippen molar-refractivity contribution in [3.05, 3.63) is 59.2 Å². The molecule has 1 aliphatic rings. The molecular formula is C17H19NO. The number of hydrogen-bond donors (Lipinski definition) is 1. The van der Waals surface area contributed by atoms with Crippen LogP contribution in [0.4, 0.5) is 5.69 Å². The molecule has 2 N–H and O–H groups in total. The molecule has 2 heteroatoms. The summed E-state index contributed by atoms with van der Waals surface area (Å²) >= 11 is 0. The molecule has 1 aliphatic carbocycles. The summed E-state index contributed by atoms with van der Waals surface area (Å²) in [7, 11) is 0. The Morgan fingerprint density at radius 3 is 2.84 bits per heavy atom. The Morgan fingerprint density at radius 1 is 1.11 bits per heavy atom. The van der Waals surface area contributed by atoms with E-state index in [0.717, 1.165) is 29.8 Å². The van der Waals surface area contributed by atoms with E-state index in [1.54, 1.807) is 0 Å². The molecule has 98 valence electrons. The molecule has 3 rings (SSSR count). The standard InChI is InChI=1S/C17H19NO/c1-12-6-4-11-16(17(12)18)19-15-10-5-8-13-7-2-3-9-14(13)15/h2-4,6-7,9,11,15H,5,8,10,18H2,1H3. The van der Waals surface area contributed by atoms with Crippen LogP contribution in [0.2, 0.25) is 0 Å². The Morgan fingerprint density at radius 2 is 1.95 bits per heavy atom. The molecule has 0 radical (unpaired) electrons. The summed E-state index contributed by atoms with van der Waals surface area (Å²) in [5.74, 6) is 0.807. The van der Waals surface area contributed by atoms with E-state index in [1.807, 2.05) is 25.1 Å². The van der Waals surface area contributed by atoms with Gasteiger partial charge in [-0.1, -0.05) is 36.4 Å². The first-order chi connectivity index (χ1) is 9.25. The van der Waals surface area contributed by atoms with E-state index >= 15 is 0 Å². The van der Waals surface area contributed by atoms with Crippen LogP contribution in [0.5, 0.6) is 5.75 Å². The zero-order valence-electron chi connectivity index (χ0n) is 11.2. The van der Waals surface area contributed by atoms with Crippen molar-refractivity contribution >= 4 is 5.69 Å². The minimum atomic E-state index is 0.133. The largest absolute Gasteiger partial charge is 0.484 e. The quantitative estimate of drug-likeness (QED) is 0.820. The van der Waals surface area contributed by atoms with Crippen molar-refractivity contribution in [2.75, 3.05) is 5.73 Å². The molecule has 2 nitrogen and oxygen atoms in total. The number of aryl methyl sites for hydroxylation is 2. The number of ether oxygens (including phenoxy) is 1. The fraction of sp³-hybridized carbons (Fsp3) is 0.294. The van der Waals surface area contributed by atoms with Crippen LogP contribution < -0.4 is 10.5 Å². The number of rotatable bonds is 2. The number of fused-ring (bicyclic) bond motifs is 1. The molecule has 1 atom stereocenters. The van der Waals surface area contributed by atoms with Crippen molar-refractivity contribution in [3.8, 4) is 5.75 Å². The topological polar surface area (TPSA) is 35.2 Å². The second kappa shape index (κ2) is 4.96. The fourth-order valence-corrected chi connectivity index (χ4v) is 2.74. The molecule has 0 amide bonds. The van der Waals surface area contributed by atoms with E-state index in [-0.39, 0.29) is 6.10 Å². The van der Waals surface area contributed by atoms with Crippen molar-refractivity contribution in [1.82, 2.24) is 0 Å². The first-order valence-corrected chi connectivity index (χ1v) is 6.85. The number of hydrogen-bond acceptors (Lipinski definition) is 2. The summed E-state index contributed by atoms with van der Waals surface area (Å²) in [4.78, 5) is 0. The average molecular weight is 253 g/mol. The van der Waals surface area contributed by atoms with E-state index in [9.17, 15) is 0 Å². The van der Waals surface area contributed by atoms with Crippen LogP contribution >= 0.6 is 0 Å². The number of benzene rings is 2. The van der Waals surface area contributed by atoms with Gasteiger partial charge >= 0.3 is 0 Å². The van der Waals surface area contributed by atoms with Gasteiger partial charge in [-0.2, -0.15) is 0 Å². The van der Waals surface area contributed by atoms with Gasteiger partial charge in [0.25, 0.3) is 0 Å². The van der Waals surface area contributed by atoms with Crippen LogP contribution in [0.1, 0.15) is 35.6 Å². The van der Waals surface area contributed by atoms with E-state index in [4.69, 9.17) is 10.5 Å². The minimum absolute atomic E-state index is 0.133. The van der Waals surface area contributed by atoms with Crippen molar-refractivity contribution < 1.29 is 4.74 Å². The van der Waals surface area contributed by atoms with Gasteiger partial charge in [-0.25, -0.2) is 0 Å². The van der Waals surface area contributed by atoms with Gasteiger partial charge in [-0.05, 0) is 48.9 Å². The molecule has 0 heterocycles. The van der Waals surface area contributed by atoms with Crippen molar-refractivity contribution in [3.63, 3.8) is 0 Å². The molecule has 1 unspecified atom stereocenters. The summed E-state index contributed by atoms with van der Waals surface area (Å²) in [6.07, 6.45) is 3.52. The summed E-state index contributed by atoms with van der Waals surface area (Å²) < 4.78 is 6.17. The first kappa shape index (κ1) is 12.1. The van der Waals surface area contributed by atoms with Gasteiger partial charge in [0.1, 0.15) is 11.9 Å². The predicted octanol–water partition coefficient (Wildman–Crippen LogP) is 4.03. The van der Waals surface area contributed by atoms with Crippen LogP contribution in [-0.4, -0.2) is 0 Å². The molecule has 0 saturated carbocycles. The second-order valence-electron chi connectivity index (χ2n) is 5.18. The van der Waals surface area contributed by atoms with Crippen LogP contribution in [0, 0.1) is 6.92 Å². The van der Waals surface area contributed by atoms with Gasteiger partial charge in [-0.3, -0.25) is 0 Å². The highest BCUT2D eigenvalue weighted by atomic mass is 16.5. The first-order valence-electron chi connectivity index (χ1n) is 6.85. The normalized spacial score (nSPS) is 17.8. The molecule has 2 aromatic carbocycles. The lowest BCUT2D eigenvalue weighted by Gasteiger charge is -2.27. The summed E-state index contributed by atoms with van der Waals surface area (Å²) in [5, 5.41) is 0. The summed E-state index contributed by atoms with van der Waals surface area (Å²) in [6, 6.07) is 14.5.